The Hall–Kier alpha value is -0.120. The van der Waals surface area contributed by atoms with Crippen molar-refractivity contribution in [3.05, 3.63) is 0 Å². The lowest BCUT2D eigenvalue weighted by Gasteiger charge is -2.43. The fourth-order valence-electron chi connectivity index (χ4n) is 4.59. The predicted molar refractivity (Wildman–Crippen MR) is 76.3 cm³/mol. The molecular formula is C16H29NO2. The second-order valence-corrected chi connectivity index (χ2v) is 6.80. The van der Waals surface area contributed by atoms with Crippen LogP contribution in [0.1, 0.15) is 51.4 Å². The second-order valence-electron chi connectivity index (χ2n) is 6.80. The fraction of sp³-hybridized carbons (Fsp3) is 1.00. The highest BCUT2D eigenvalue weighted by molar-refractivity contribution is 4.95. The molecule has 1 aliphatic carbocycles. The van der Waals surface area contributed by atoms with Crippen LogP contribution in [0.3, 0.4) is 0 Å². The van der Waals surface area contributed by atoms with E-state index >= 15 is 0 Å². The zero-order valence-corrected chi connectivity index (χ0v) is 12.3. The Kier molecular flexibility index (Phi) is 4.45. The summed E-state index contributed by atoms with van der Waals surface area (Å²) in [5, 5.41) is 3.65. The first kappa shape index (κ1) is 13.8. The molecule has 3 atom stereocenters. The van der Waals surface area contributed by atoms with Crippen molar-refractivity contribution >= 4 is 0 Å². The first-order valence-electron chi connectivity index (χ1n) is 8.22. The van der Waals surface area contributed by atoms with Gasteiger partial charge in [-0.05, 0) is 44.6 Å². The standard InChI is InChI=1S/C16H29NO2/c1-17-15(13-5-3-2-4-6-13)14-7-9-19-16(11-14)8-10-18-12-16/h13-15,17H,2-12H2,1H3. The highest BCUT2D eigenvalue weighted by atomic mass is 16.6. The molecule has 1 saturated carbocycles. The molecule has 0 bridgehead atoms. The lowest BCUT2D eigenvalue weighted by molar-refractivity contribution is -0.106. The van der Waals surface area contributed by atoms with Gasteiger partial charge in [-0.25, -0.2) is 0 Å². The van der Waals surface area contributed by atoms with E-state index in [9.17, 15) is 0 Å². The van der Waals surface area contributed by atoms with Crippen LogP contribution in [-0.4, -0.2) is 38.5 Å². The Morgan fingerprint density at radius 3 is 2.58 bits per heavy atom. The van der Waals surface area contributed by atoms with Gasteiger partial charge in [-0.15, -0.1) is 0 Å². The van der Waals surface area contributed by atoms with Crippen LogP contribution in [0.2, 0.25) is 0 Å². The quantitative estimate of drug-likeness (QED) is 0.853. The Morgan fingerprint density at radius 2 is 1.89 bits per heavy atom. The smallest absolute Gasteiger partial charge is 0.0939 e. The molecule has 3 unspecified atom stereocenters. The number of ether oxygens (including phenoxy) is 2. The Balaban J connectivity index is 1.64. The number of hydrogen-bond acceptors (Lipinski definition) is 3. The largest absolute Gasteiger partial charge is 0.378 e. The summed E-state index contributed by atoms with van der Waals surface area (Å²) in [4.78, 5) is 0. The summed E-state index contributed by atoms with van der Waals surface area (Å²) in [7, 11) is 2.16. The lowest BCUT2D eigenvalue weighted by atomic mass is 9.73. The van der Waals surface area contributed by atoms with Crippen LogP contribution in [-0.2, 0) is 9.47 Å². The molecule has 0 aromatic carbocycles. The number of hydrogen-bond donors (Lipinski definition) is 1. The van der Waals surface area contributed by atoms with E-state index in [0.29, 0.717) is 6.04 Å². The van der Waals surface area contributed by atoms with Crippen molar-refractivity contribution in [2.75, 3.05) is 26.9 Å². The summed E-state index contributed by atoms with van der Waals surface area (Å²) < 4.78 is 11.7. The summed E-state index contributed by atoms with van der Waals surface area (Å²) in [5.41, 5.74) is 0.0622. The van der Waals surface area contributed by atoms with Crippen molar-refractivity contribution < 1.29 is 9.47 Å². The van der Waals surface area contributed by atoms with Gasteiger partial charge in [-0.3, -0.25) is 0 Å². The SMILES string of the molecule is CNC(C1CCCCC1)C1CCOC2(CCOC2)C1. The first-order chi connectivity index (χ1) is 9.33. The van der Waals surface area contributed by atoms with Crippen LogP contribution in [0.25, 0.3) is 0 Å². The summed E-state index contributed by atoms with van der Waals surface area (Å²) >= 11 is 0. The lowest BCUT2D eigenvalue weighted by Crippen LogP contribution is -2.49. The van der Waals surface area contributed by atoms with Gasteiger partial charge in [0.15, 0.2) is 0 Å². The van der Waals surface area contributed by atoms with Crippen LogP contribution in [0.4, 0.5) is 0 Å². The van der Waals surface area contributed by atoms with Crippen molar-refractivity contribution in [3.8, 4) is 0 Å². The molecule has 0 aromatic heterocycles. The van der Waals surface area contributed by atoms with E-state index in [-0.39, 0.29) is 5.60 Å². The molecule has 3 fully saturated rings. The second kappa shape index (κ2) is 6.11. The highest BCUT2D eigenvalue weighted by Gasteiger charge is 2.44. The molecule has 1 spiro atoms. The van der Waals surface area contributed by atoms with Gasteiger partial charge in [0.25, 0.3) is 0 Å². The molecule has 110 valence electrons. The van der Waals surface area contributed by atoms with Crippen LogP contribution >= 0.6 is 0 Å². The van der Waals surface area contributed by atoms with Crippen molar-refractivity contribution in [2.24, 2.45) is 11.8 Å². The van der Waals surface area contributed by atoms with Crippen molar-refractivity contribution in [1.82, 2.24) is 5.32 Å². The van der Waals surface area contributed by atoms with E-state index in [0.717, 1.165) is 38.1 Å². The van der Waals surface area contributed by atoms with Gasteiger partial charge in [-0.1, -0.05) is 19.3 Å². The zero-order valence-electron chi connectivity index (χ0n) is 12.3. The van der Waals surface area contributed by atoms with E-state index in [4.69, 9.17) is 9.47 Å². The van der Waals surface area contributed by atoms with E-state index < -0.39 is 0 Å². The maximum absolute atomic E-state index is 6.09. The van der Waals surface area contributed by atoms with Crippen LogP contribution in [0, 0.1) is 11.8 Å². The van der Waals surface area contributed by atoms with Gasteiger partial charge < -0.3 is 14.8 Å². The van der Waals surface area contributed by atoms with E-state index in [1.54, 1.807) is 0 Å². The third-order valence-electron chi connectivity index (χ3n) is 5.60. The summed E-state index contributed by atoms with van der Waals surface area (Å²) in [6.45, 7) is 2.64. The minimum absolute atomic E-state index is 0.0622. The van der Waals surface area contributed by atoms with Crippen molar-refractivity contribution in [3.63, 3.8) is 0 Å². The summed E-state index contributed by atoms with van der Waals surface area (Å²) in [6.07, 6.45) is 10.7. The third kappa shape index (κ3) is 2.98. The van der Waals surface area contributed by atoms with Gasteiger partial charge in [0, 0.05) is 25.7 Å². The van der Waals surface area contributed by atoms with Gasteiger partial charge in [0.05, 0.1) is 12.2 Å². The molecule has 3 rings (SSSR count). The topological polar surface area (TPSA) is 30.5 Å². The average Bonchev–Trinajstić information content (AvgIpc) is 2.89. The summed E-state index contributed by atoms with van der Waals surface area (Å²) in [6, 6.07) is 0.696. The third-order valence-corrected chi connectivity index (χ3v) is 5.60. The van der Waals surface area contributed by atoms with E-state index in [2.05, 4.69) is 12.4 Å². The summed E-state index contributed by atoms with van der Waals surface area (Å²) in [5.74, 6) is 1.67. The van der Waals surface area contributed by atoms with Crippen molar-refractivity contribution in [1.29, 1.82) is 0 Å². The molecule has 0 radical (unpaired) electrons. The molecule has 2 aliphatic heterocycles. The maximum Gasteiger partial charge on any atom is 0.0939 e. The van der Waals surface area contributed by atoms with Crippen LogP contribution in [0.15, 0.2) is 0 Å². The Bertz CT molecular complexity index is 282. The van der Waals surface area contributed by atoms with Gasteiger partial charge >= 0.3 is 0 Å². The van der Waals surface area contributed by atoms with Gasteiger partial charge in [0.1, 0.15) is 0 Å². The maximum atomic E-state index is 6.09. The highest BCUT2D eigenvalue weighted by Crippen LogP contribution is 2.40. The molecule has 2 saturated heterocycles. The van der Waals surface area contributed by atoms with E-state index in [1.807, 2.05) is 0 Å². The van der Waals surface area contributed by atoms with Crippen LogP contribution in [0.5, 0.6) is 0 Å². The molecule has 0 amide bonds. The number of rotatable bonds is 3. The monoisotopic (exact) mass is 267 g/mol. The minimum atomic E-state index is 0.0622. The minimum Gasteiger partial charge on any atom is -0.378 e. The molecule has 3 aliphatic rings. The Labute approximate surface area is 117 Å². The molecular weight excluding hydrogens is 238 g/mol. The fourth-order valence-corrected chi connectivity index (χ4v) is 4.59. The molecule has 1 N–H and O–H groups in total. The molecule has 19 heavy (non-hydrogen) atoms. The van der Waals surface area contributed by atoms with Crippen molar-refractivity contribution in [2.45, 2.75) is 63.0 Å². The molecule has 2 heterocycles. The van der Waals surface area contributed by atoms with E-state index in [1.165, 1.54) is 44.9 Å². The predicted octanol–water partition coefficient (Wildman–Crippen LogP) is 2.74. The van der Waals surface area contributed by atoms with Crippen LogP contribution < -0.4 is 5.32 Å². The van der Waals surface area contributed by atoms with Gasteiger partial charge in [-0.2, -0.15) is 0 Å². The first-order valence-corrected chi connectivity index (χ1v) is 8.22. The average molecular weight is 267 g/mol. The Morgan fingerprint density at radius 1 is 1.05 bits per heavy atom. The molecule has 3 nitrogen and oxygen atoms in total. The molecule has 0 aromatic rings. The number of nitrogens with one attached hydrogen (secondary N) is 1. The van der Waals surface area contributed by atoms with Gasteiger partial charge in [0.2, 0.25) is 0 Å². The normalized spacial score (nSPS) is 38.7. The zero-order chi connectivity index (χ0) is 13.1. The molecule has 3 heteroatoms.